The average Bonchev–Trinajstić information content (AvgIpc) is 3.73. The highest BCUT2D eigenvalue weighted by Gasteiger charge is 2.15. The van der Waals surface area contributed by atoms with Gasteiger partial charge in [0, 0.05) is 49.4 Å². The van der Waals surface area contributed by atoms with Gasteiger partial charge in [0.1, 0.15) is 5.69 Å². The molecule has 4 nitrogen and oxygen atoms in total. The quantitative estimate of drug-likeness (QED) is 0.156. The topological polar surface area (TPSA) is 56.5 Å². The number of H-pyrrole nitrogens is 2. The molecule has 0 amide bonds. The Bertz CT molecular complexity index is 1950. The SMILES string of the molecule is C=C/C(=C\C(=C/C)c1ccc2[nH]nc(-c3cc4c(-c5ccc(C)s5)cccc4[nH]3)c2c1)NC(=C)Cc1ccccc1. The molecule has 3 aromatic carbocycles. The van der Waals surface area contributed by atoms with Gasteiger partial charge in [-0.2, -0.15) is 5.10 Å². The van der Waals surface area contributed by atoms with Gasteiger partial charge in [-0.1, -0.05) is 67.8 Å². The third-order valence-electron chi connectivity index (χ3n) is 7.24. The van der Waals surface area contributed by atoms with E-state index in [9.17, 15) is 0 Å². The van der Waals surface area contributed by atoms with Gasteiger partial charge in [-0.15, -0.1) is 11.3 Å². The van der Waals surface area contributed by atoms with E-state index in [2.05, 4.69) is 121 Å². The van der Waals surface area contributed by atoms with E-state index in [1.165, 1.54) is 26.3 Å². The minimum atomic E-state index is 0.750. The van der Waals surface area contributed by atoms with Crippen LogP contribution in [0.4, 0.5) is 0 Å². The Balaban J connectivity index is 1.32. The molecule has 0 saturated carbocycles. The first-order chi connectivity index (χ1) is 20.0. The normalized spacial score (nSPS) is 12.2. The van der Waals surface area contributed by atoms with E-state index in [0.717, 1.165) is 56.8 Å². The molecule has 202 valence electrons. The van der Waals surface area contributed by atoms with Gasteiger partial charge in [-0.05, 0) is 79.1 Å². The molecule has 0 aliphatic carbocycles. The molecule has 41 heavy (non-hydrogen) atoms. The van der Waals surface area contributed by atoms with E-state index in [1.54, 1.807) is 0 Å². The summed E-state index contributed by atoms with van der Waals surface area (Å²) >= 11 is 1.82. The van der Waals surface area contributed by atoms with Gasteiger partial charge in [-0.25, -0.2) is 0 Å². The fraction of sp³-hybridized carbons (Fsp3) is 0.0833. The molecule has 0 unspecified atom stereocenters. The Labute approximate surface area is 244 Å². The summed E-state index contributed by atoms with van der Waals surface area (Å²) in [7, 11) is 0. The third kappa shape index (κ3) is 5.45. The molecule has 6 aromatic rings. The van der Waals surface area contributed by atoms with E-state index in [1.807, 2.05) is 35.6 Å². The van der Waals surface area contributed by atoms with Crippen LogP contribution in [0.25, 0.3) is 49.2 Å². The van der Waals surface area contributed by atoms with Crippen molar-refractivity contribution < 1.29 is 0 Å². The number of thiophene rings is 1. The zero-order valence-electron chi connectivity index (χ0n) is 23.3. The number of nitrogens with zero attached hydrogens (tertiary/aromatic N) is 1. The molecule has 3 heterocycles. The lowest BCUT2D eigenvalue weighted by Gasteiger charge is -2.12. The summed E-state index contributed by atoms with van der Waals surface area (Å²) in [6, 6.07) is 29.8. The second-order valence-electron chi connectivity index (χ2n) is 10.1. The molecule has 0 radical (unpaired) electrons. The largest absolute Gasteiger partial charge is 0.359 e. The Kier molecular flexibility index (Phi) is 7.28. The number of aromatic amines is 2. The minimum absolute atomic E-state index is 0.750. The van der Waals surface area contributed by atoms with Gasteiger partial charge in [0.15, 0.2) is 0 Å². The van der Waals surface area contributed by atoms with Gasteiger partial charge in [0.2, 0.25) is 0 Å². The van der Waals surface area contributed by atoms with Crippen LogP contribution in [-0.2, 0) is 6.42 Å². The second-order valence-corrected chi connectivity index (χ2v) is 11.4. The molecule has 0 aliphatic rings. The van der Waals surface area contributed by atoms with Crippen LogP contribution in [0, 0.1) is 6.92 Å². The monoisotopic (exact) mass is 552 g/mol. The lowest BCUT2D eigenvalue weighted by atomic mass is 10.0. The molecule has 3 aromatic heterocycles. The maximum absolute atomic E-state index is 4.72. The summed E-state index contributed by atoms with van der Waals surface area (Å²) in [5.74, 6) is 0. The van der Waals surface area contributed by atoms with Crippen molar-refractivity contribution in [2.75, 3.05) is 0 Å². The number of aryl methyl sites for hydroxylation is 1. The van der Waals surface area contributed by atoms with Crippen LogP contribution in [0.5, 0.6) is 0 Å². The van der Waals surface area contributed by atoms with Crippen molar-refractivity contribution in [1.82, 2.24) is 20.5 Å². The van der Waals surface area contributed by atoms with Gasteiger partial charge < -0.3 is 10.3 Å². The van der Waals surface area contributed by atoms with Crippen LogP contribution >= 0.6 is 11.3 Å². The number of nitrogens with one attached hydrogen (secondary N) is 3. The number of allylic oxidation sites excluding steroid dienone is 5. The molecule has 0 atom stereocenters. The van der Waals surface area contributed by atoms with Crippen molar-refractivity contribution in [3.63, 3.8) is 0 Å². The summed E-state index contributed by atoms with van der Waals surface area (Å²) < 4.78 is 0. The average molecular weight is 553 g/mol. The summed E-state index contributed by atoms with van der Waals surface area (Å²) in [5.41, 5.74) is 10.5. The lowest BCUT2D eigenvalue weighted by Crippen LogP contribution is -2.12. The van der Waals surface area contributed by atoms with E-state index in [0.29, 0.717) is 0 Å². The second kappa shape index (κ2) is 11.3. The first kappa shape index (κ1) is 26.4. The summed E-state index contributed by atoms with van der Waals surface area (Å²) in [4.78, 5) is 6.20. The third-order valence-corrected chi connectivity index (χ3v) is 8.28. The maximum atomic E-state index is 4.72. The molecule has 0 fully saturated rings. The predicted molar refractivity (Wildman–Crippen MR) is 176 cm³/mol. The zero-order chi connectivity index (χ0) is 28.3. The van der Waals surface area contributed by atoms with Crippen molar-refractivity contribution in [3.8, 4) is 21.8 Å². The van der Waals surface area contributed by atoms with Crippen LogP contribution in [0.1, 0.15) is 22.9 Å². The van der Waals surface area contributed by atoms with Crippen LogP contribution in [0.15, 0.2) is 128 Å². The van der Waals surface area contributed by atoms with Crippen molar-refractivity contribution in [2.45, 2.75) is 20.3 Å². The molecule has 6 rings (SSSR count). The highest BCUT2D eigenvalue weighted by Crippen LogP contribution is 2.37. The first-order valence-corrected chi connectivity index (χ1v) is 14.5. The first-order valence-electron chi connectivity index (χ1n) is 13.7. The summed E-state index contributed by atoms with van der Waals surface area (Å²) in [5, 5.41) is 13.7. The zero-order valence-corrected chi connectivity index (χ0v) is 24.1. The van der Waals surface area contributed by atoms with Gasteiger partial charge in [0.05, 0.1) is 11.2 Å². The van der Waals surface area contributed by atoms with Gasteiger partial charge >= 0.3 is 0 Å². The van der Waals surface area contributed by atoms with E-state index >= 15 is 0 Å². The number of aromatic nitrogens is 3. The molecule has 5 heteroatoms. The summed E-state index contributed by atoms with van der Waals surface area (Å²) in [6.07, 6.45) is 6.81. The number of rotatable bonds is 9. The van der Waals surface area contributed by atoms with Crippen molar-refractivity contribution in [3.05, 3.63) is 144 Å². The molecule has 0 spiro atoms. The van der Waals surface area contributed by atoms with Crippen molar-refractivity contribution >= 4 is 38.7 Å². The highest BCUT2D eigenvalue weighted by molar-refractivity contribution is 7.15. The minimum Gasteiger partial charge on any atom is -0.359 e. The molecular weight excluding hydrogens is 520 g/mol. The fourth-order valence-electron chi connectivity index (χ4n) is 5.21. The van der Waals surface area contributed by atoms with Crippen LogP contribution in [0.3, 0.4) is 0 Å². The van der Waals surface area contributed by atoms with Gasteiger partial charge in [0.25, 0.3) is 0 Å². The van der Waals surface area contributed by atoms with E-state index < -0.39 is 0 Å². The molecule has 0 bridgehead atoms. The number of hydrogen-bond acceptors (Lipinski definition) is 3. The predicted octanol–water partition coefficient (Wildman–Crippen LogP) is 9.57. The molecular formula is C36H32N4S. The lowest BCUT2D eigenvalue weighted by molar-refractivity contribution is 0.942. The number of fused-ring (bicyclic) bond motifs is 2. The number of benzene rings is 3. The van der Waals surface area contributed by atoms with Gasteiger partial charge in [-0.3, -0.25) is 5.10 Å². The number of hydrogen-bond donors (Lipinski definition) is 3. The van der Waals surface area contributed by atoms with Crippen molar-refractivity contribution in [1.29, 1.82) is 0 Å². The Morgan fingerprint density at radius 3 is 2.56 bits per heavy atom. The smallest absolute Gasteiger partial charge is 0.116 e. The summed E-state index contributed by atoms with van der Waals surface area (Å²) in [6.45, 7) is 12.5. The molecule has 3 N–H and O–H groups in total. The Morgan fingerprint density at radius 2 is 1.80 bits per heavy atom. The Hall–Kier alpha value is -4.87. The van der Waals surface area contributed by atoms with E-state index in [4.69, 9.17) is 5.10 Å². The van der Waals surface area contributed by atoms with Crippen LogP contribution < -0.4 is 5.32 Å². The van der Waals surface area contributed by atoms with Crippen LogP contribution in [0.2, 0.25) is 0 Å². The molecule has 0 saturated heterocycles. The highest BCUT2D eigenvalue weighted by atomic mass is 32.1. The standard InChI is InChI=1S/C36H32N4S/c1-5-26(20-28(6-2)37-23(3)19-25-11-8-7-9-12-25)27-16-17-33-31(21-27)36(40-39-33)34-22-30-29(13-10-14-32(30)38-34)35-18-15-24(4)41-35/h5-18,20-22,37-38H,2-3,19H2,1,4H3,(H,39,40)/b26-5+,28-20+. The Morgan fingerprint density at radius 1 is 0.951 bits per heavy atom. The fourth-order valence-corrected chi connectivity index (χ4v) is 6.12. The van der Waals surface area contributed by atoms with Crippen molar-refractivity contribution in [2.24, 2.45) is 0 Å². The van der Waals surface area contributed by atoms with Crippen LogP contribution in [-0.4, -0.2) is 15.2 Å². The molecule has 0 aliphatic heterocycles. The maximum Gasteiger partial charge on any atom is 0.116 e. The van der Waals surface area contributed by atoms with E-state index in [-0.39, 0.29) is 0 Å².